The van der Waals surface area contributed by atoms with Crippen LogP contribution in [0.2, 0.25) is 0 Å². The fraction of sp³-hybridized carbons (Fsp3) is 0.786. The summed E-state index contributed by atoms with van der Waals surface area (Å²) in [6.07, 6.45) is 3.14. The molecule has 2 fully saturated rings. The van der Waals surface area contributed by atoms with E-state index in [9.17, 15) is 14.4 Å². The molecule has 2 rings (SSSR count). The lowest BCUT2D eigenvalue weighted by atomic mass is 9.98. The second-order valence-electron chi connectivity index (χ2n) is 5.88. The van der Waals surface area contributed by atoms with Crippen molar-refractivity contribution in [2.75, 3.05) is 0 Å². The van der Waals surface area contributed by atoms with Gasteiger partial charge in [-0.1, -0.05) is 20.3 Å². The molecule has 1 aliphatic heterocycles. The molecule has 0 unspecified atom stereocenters. The fourth-order valence-electron chi connectivity index (χ4n) is 2.61. The van der Waals surface area contributed by atoms with E-state index in [0.717, 1.165) is 19.3 Å². The van der Waals surface area contributed by atoms with Gasteiger partial charge in [0, 0.05) is 12.1 Å². The Morgan fingerprint density at radius 3 is 2.45 bits per heavy atom. The van der Waals surface area contributed by atoms with E-state index in [1.807, 2.05) is 4.90 Å². The summed E-state index contributed by atoms with van der Waals surface area (Å²) in [4.78, 5) is 37.0. The van der Waals surface area contributed by atoms with Gasteiger partial charge in [-0.05, 0) is 25.7 Å². The molecule has 0 spiro atoms. The molecule has 6 heteroatoms. The number of carbonyl (C=O) groups is 3. The lowest BCUT2D eigenvalue weighted by molar-refractivity contribution is -0.137. The summed E-state index contributed by atoms with van der Waals surface area (Å²) in [5.74, 6) is -0.0236. The number of imide groups is 1. The Hall–Kier alpha value is -1.59. The van der Waals surface area contributed by atoms with Crippen LogP contribution in [-0.4, -0.2) is 40.9 Å². The first kappa shape index (κ1) is 14.8. The van der Waals surface area contributed by atoms with Crippen LogP contribution in [0.25, 0.3) is 0 Å². The van der Waals surface area contributed by atoms with Crippen molar-refractivity contribution in [2.45, 2.75) is 64.6 Å². The quantitative estimate of drug-likeness (QED) is 0.713. The molecule has 6 nitrogen and oxygen atoms in total. The van der Waals surface area contributed by atoms with Crippen LogP contribution in [-0.2, 0) is 9.59 Å². The van der Waals surface area contributed by atoms with E-state index in [4.69, 9.17) is 0 Å². The number of carbonyl (C=O) groups excluding carboxylic acids is 3. The van der Waals surface area contributed by atoms with Gasteiger partial charge in [-0.2, -0.15) is 0 Å². The maximum absolute atomic E-state index is 12.5. The van der Waals surface area contributed by atoms with Crippen LogP contribution in [0.15, 0.2) is 0 Å². The largest absolute Gasteiger partial charge is 0.337 e. The molecule has 4 amide bonds. The maximum Gasteiger partial charge on any atom is 0.322 e. The van der Waals surface area contributed by atoms with Gasteiger partial charge in [0.05, 0.1) is 6.42 Å². The molecule has 2 N–H and O–H groups in total. The minimum atomic E-state index is -0.722. The SMILES string of the molecule is CC[C@@H](C)[C@@H](C)N(C(=O)C[C@@H]1NC(=O)NC1=O)C1CC1. The van der Waals surface area contributed by atoms with Gasteiger partial charge < -0.3 is 10.2 Å². The minimum Gasteiger partial charge on any atom is -0.337 e. The molecular formula is C14H23N3O3. The molecule has 1 saturated carbocycles. The lowest BCUT2D eigenvalue weighted by Crippen LogP contribution is -2.46. The van der Waals surface area contributed by atoms with Crippen molar-refractivity contribution in [2.24, 2.45) is 5.92 Å². The molecule has 20 heavy (non-hydrogen) atoms. The Kier molecular flexibility index (Phi) is 4.30. The third-order valence-electron chi connectivity index (χ3n) is 4.37. The van der Waals surface area contributed by atoms with E-state index in [2.05, 4.69) is 31.4 Å². The van der Waals surface area contributed by atoms with Gasteiger partial charge in [0.2, 0.25) is 5.91 Å². The highest BCUT2D eigenvalue weighted by Crippen LogP contribution is 2.32. The average molecular weight is 281 g/mol. The first-order valence-corrected chi connectivity index (χ1v) is 7.36. The zero-order valence-electron chi connectivity index (χ0n) is 12.3. The van der Waals surface area contributed by atoms with E-state index in [1.165, 1.54) is 0 Å². The Morgan fingerprint density at radius 1 is 1.35 bits per heavy atom. The van der Waals surface area contributed by atoms with Gasteiger partial charge in [-0.3, -0.25) is 14.9 Å². The molecule has 0 bridgehead atoms. The Balaban J connectivity index is 2.00. The zero-order chi connectivity index (χ0) is 14.9. The fourth-order valence-corrected chi connectivity index (χ4v) is 2.61. The molecule has 0 aromatic heterocycles. The number of hydrogen-bond acceptors (Lipinski definition) is 3. The Bertz CT molecular complexity index is 420. The first-order valence-electron chi connectivity index (χ1n) is 7.36. The van der Waals surface area contributed by atoms with Crippen molar-refractivity contribution in [3.8, 4) is 0 Å². The number of amides is 4. The number of nitrogens with one attached hydrogen (secondary N) is 2. The van der Waals surface area contributed by atoms with Gasteiger partial charge >= 0.3 is 6.03 Å². The highest BCUT2D eigenvalue weighted by atomic mass is 16.2. The smallest absolute Gasteiger partial charge is 0.322 e. The Morgan fingerprint density at radius 2 is 2.00 bits per heavy atom. The van der Waals surface area contributed by atoms with Crippen LogP contribution < -0.4 is 10.6 Å². The summed E-state index contributed by atoms with van der Waals surface area (Å²) >= 11 is 0. The van der Waals surface area contributed by atoms with Crippen LogP contribution in [0.5, 0.6) is 0 Å². The standard InChI is InChI=1S/C14H23N3O3/c1-4-8(2)9(3)17(10-5-6-10)12(18)7-11-13(19)16-14(20)15-11/h8-11H,4-7H2,1-3H3,(H2,15,16,19,20)/t8-,9-,11+/m1/s1. The van der Waals surface area contributed by atoms with Gasteiger partial charge in [0.1, 0.15) is 6.04 Å². The summed E-state index contributed by atoms with van der Waals surface area (Å²) in [5.41, 5.74) is 0. The second kappa shape index (κ2) is 5.81. The topological polar surface area (TPSA) is 78.5 Å². The van der Waals surface area contributed by atoms with E-state index < -0.39 is 18.0 Å². The molecule has 1 saturated heterocycles. The van der Waals surface area contributed by atoms with Crippen LogP contribution in [0.3, 0.4) is 0 Å². The summed E-state index contributed by atoms with van der Waals surface area (Å²) < 4.78 is 0. The van der Waals surface area contributed by atoms with Crippen LogP contribution in [0.4, 0.5) is 4.79 Å². The van der Waals surface area contributed by atoms with Crippen molar-refractivity contribution >= 4 is 17.8 Å². The highest BCUT2D eigenvalue weighted by molar-refractivity contribution is 6.05. The van der Waals surface area contributed by atoms with E-state index in [-0.39, 0.29) is 18.4 Å². The summed E-state index contributed by atoms with van der Waals surface area (Å²) in [6.45, 7) is 6.32. The van der Waals surface area contributed by atoms with Crippen molar-refractivity contribution in [3.63, 3.8) is 0 Å². The van der Waals surface area contributed by atoms with Gasteiger partial charge in [0.15, 0.2) is 0 Å². The maximum atomic E-state index is 12.5. The molecule has 0 aromatic rings. The average Bonchev–Trinajstić information content (AvgIpc) is 3.16. The molecule has 1 aliphatic carbocycles. The second-order valence-corrected chi connectivity index (χ2v) is 5.88. The van der Waals surface area contributed by atoms with E-state index in [1.54, 1.807) is 0 Å². The van der Waals surface area contributed by atoms with Crippen molar-refractivity contribution in [1.82, 2.24) is 15.5 Å². The molecule has 3 atom stereocenters. The number of urea groups is 1. The van der Waals surface area contributed by atoms with Crippen LogP contribution in [0, 0.1) is 5.92 Å². The molecule has 1 heterocycles. The number of hydrogen-bond donors (Lipinski definition) is 2. The molecule has 2 aliphatic rings. The molecular weight excluding hydrogens is 258 g/mol. The van der Waals surface area contributed by atoms with Gasteiger partial charge in [0.25, 0.3) is 5.91 Å². The van der Waals surface area contributed by atoms with Crippen molar-refractivity contribution in [3.05, 3.63) is 0 Å². The first-order chi connectivity index (χ1) is 9.43. The zero-order valence-corrected chi connectivity index (χ0v) is 12.3. The van der Waals surface area contributed by atoms with E-state index in [0.29, 0.717) is 12.0 Å². The van der Waals surface area contributed by atoms with Crippen molar-refractivity contribution in [1.29, 1.82) is 0 Å². The lowest BCUT2D eigenvalue weighted by Gasteiger charge is -2.33. The van der Waals surface area contributed by atoms with Gasteiger partial charge in [-0.25, -0.2) is 4.79 Å². The summed E-state index contributed by atoms with van der Waals surface area (Å²) in [7, 11) is 0. The highest BCUT2D eigenvalue weighted by Gasteiger charge is 2.40. The molecule has 0 aromatic carbocycles. The number of nitrogens with zero attached hydrogens (tertiary/aromatic N) is 1. The Labute approximate surface area is 119 Å². The third kappa shape index (κ3) is 3.11. The third-order valence-corrected chi connectivity index (χ3v) is 4.37. The van der Waals surface area contributed by atoms with E-state index >= 15 is 0 Å². The van der Waals surface area contributed by atoms with Gasteiger partial charge in [-0.15, -0.1) is 0 Å². The predicted octanol–water partition coefficient (Wildman–Crippen LogP) is 1.01. The minimum absolute atomic E-state index is 0.0392. The molecule has 112 valence electrons. The predicted molar refractivity (Wildman–Crippen MR) is 73.9 cm³/mol. The normalized spacial score (nSPS) is 24.9. The monoisotopic (exact) mass is 281 g/mol. The number of rotatable bonds is 6. The van der Waals surface area contributed by atoms with Crippen LogP contribution >= 0.6 is 0 Å². The van der Waals surface area contributed by atoms with Crippen LogP contribution in [0.1, 0.15) is 46.5 Å². The van der Waals surface area contributed by atoms with Crippen molar-refractivity contribution < 1.29 is 14.4 Å². The summed E-state index contributed by atoms with van der Waals surface area (Å²) in [5, 5.41) is 4.64. The summed E-state index contributed by atoms with van der Waals surface area (Å²) in [6, 6.07) is -0.757. The molecule has 0 radical (unpaired) electrons.